The van der Waals surface area contributed by atoms with E-state index in [2.05, 4.69) is 58.3 Å². The summed E-state index contributed by atoms with van der Waals surface area (Å²) in [7, 11) is 0. The summed E-state index contributed by atoms with van der Waals surface area (Å²) in [6.07, 6.45) is 1.96. The third-order valence-electron chi connectivity index (χ3n) is 5.09. The standard InChI is InChI=1S/C21H24N4OS2/c1-4-14-6-8-15(9-7-14)20-22-13(3)18(28-20)19(26)24-21-23-16-10-11-25(5-2)12-17(16)27-21/h6-9H,4-5,10-12H2,1-3H3,(H,23,24,26). The number of rotatable bonds is 5. The lowest BCUT2D eigenvalue weighted by atomic mass is 10.1. The lowest BCUT2D eigenvalue weighted by Crippen LogP contribution is -2.29. The van der Waals surface area contributed by atoms with Gasteiger partial charge in [0.15, 0.2) is 5.13 Å². The Morgan fingerprint density at radius 1 is 1.18 bits per heavy atom. The number of aromatic nitrogens is 2. The summed E-state index contributed by atoms with van der Waals surface area (Å²) in [5.74, 6) is -0.120. The van der Waals surface area contributed by atoms with Gasteiger partial charge in [-0.05, 0) is 25.5 Å². The van der Waals surface area contributed by atoms with Gasteiger partial charge in [0, 0.05) is 30.0 Å². The van der Waals surface area contributed by atoms with Gasteiger partial charge in [-0.3, -0.25) is 15.0 Å². The van der Waals surface area contributed by atoms with Gasteiger partial charge in [0.25, 0.3) is 5.91 Å². The van der Waals surface area contributed by atoms with Gasteiger partial charge >= 0.3 is 0 Å². The fourth-order valence-electron chi connectivity index (χ4n) is 3.34. The maximum absolute atomic E-state index is 12.8. The number of likely N-dealkylation sites (N-methyl/N-ethyl adjacent to an activating group) is 1. The second-order valence-corrected chi connectivity index (χ2v) is 9.03. The molecule has 0 spiro atoms. The molecule has 28 heavy (non-hydrogen) atoms. The Balaban J connectivity index is 1.51. The SMILES string of the molecule is CCc1ccc(-c2nc(C)c(C(=O)Nc3nc4c(s3)CN(CC)CC4)s2)cc1. The number of hydrogen-bond acceptors (Lipinski definition) is 6. The Morgan fingerprint density at radius 3 is 2.68 bits per heavy atom. The van der Waals surface area contributed by atoms with Crippen LogP contribution in [0.2, 0.25) is 0 Å². The topological polar surface area (TPSA) is 58.1 Å². The second-order valence-electron chi connectivity index (χ2n) is 6.95. The molecule has 0 saturated carbocycles. The molecule has 146 valence electrons. The van der Waals surface area contributed by atoms with Crippen LogP contribution < -0.4 is 5.32 Å². The van der Waals surface area contributed by atoms with Crippen molar-refractivity contribution in [2.24, 2.45) is 0 Å². The fourth-order valence-corrected chi connectivity index (χ4v) is 5.35. The first-order valence-electron chi connectivity index (χ1n) is 9.66. The molecule has 0 saturated heterocycles. The molecule has 1 amide bonds. The molecule has 0 bridgehead atoms. The monoisotopic (exact) mass is 412 g/mol. The van der Waals surface area contributed by atoms with Crippen LogP contribution in [0.15, 0.2) is 24.3 Å². The predicted octanol–water partition coefficient (Wildman–Crippen LogP) is 4.77. The van der Waals surface area contributed by atoms with Crippen molar-refractivity contribution in [3.8, 4) is 10.6 Å². The molecule has 1 aliphatic heterocycles. The number of amides is 1. The van der Waals surface area contributed by atoms with Crippen LogP contribution in [0.25, 0.3) is 10.6 Å². The van der Waals surface area contributed by atoms with Crippen LogP contribution in [0.1, 0.15) is 45.3 Å². The molecule has 3 aromatic rings. The number of nitrogens with zero attached hydrogens (tertiary/aromatic N) is 3. The van der Waals surface area contributed by atoms with Crippen LogP contribution in [0, 0.1) is 6.92 Å². The first-order valence-corrected chi connectivity index (χ1v) is 11.3. The predicted molar refractivity (Wildman–Crippen MR) is 116 cm³/mol. The molecule has 1 N–H and O–H groups in total. The number of aryl methyl sites for hydroxylation is 2. The van der Waals surface area contributed by atoms with Gasteiger partial charge in [-0.1, -0.05) is 38.1 Å². The van der Waals surface area contributed by atoms with Gasteiger partial charge in [0.1, 0.15) is 9.88 Å². The van der Waals surface area contributed by atoms with Crippen molar-refractivity contribution in [2.45, 2.75) is 40.2 Å². The summed E-state index contributed by atoms with van der Waals surface area (Å²) in [5, 5.41) is 4.56. The van der Waals surface area contributed by atoms with Gasteiger partial charge in [-0.25, -0.2) is 9.97 Å². The van der Waals surface area contributed by atoms with Crippen molar-refractivity contribution >= 4 is 33.7 Å². The van der Waals surface area contributed by atoms with E-state index in [-0.39, 0.29) is 5.91 Å². The maximum Gasteiger partial charge on any atom is 0.269 e. The van der Waals surface area contributed by atoms with Crippen molar-refractivity contribution in [3.63, 3.8) is 0 Å². The Bertz CT molecular complexity index is 991. The van der Waals surface area contributed by atoms with E-state index >= 15 is 0 Å². The Hall–Kier alpha value is -2.09. The highest BCUT2D eigenvalue weighted by molar-refractivity contribution is 7.18. The van der Waals surface area contributed by atoms with Gasteiger partial charge in [-0.2, -0.15) is 0 Å². The molecule has 0 radical (unpaired) electrons. The van der Waals surface area contributed by atoms with Crippen molar-refractivity contribution in [3.05, 3.63) is 51.0 Å². The van der Waals surface area contributed by atoms with Gasteiger partial charge < -0.3 is 0 Å². The van der Waals surface area contributed by atoms with E-state index in [9.17, 15) is 4.79 Å². The summed E-state index contributed by atoms with van der Waals surface area (Å²) in [6, 6.07) is 8.39. The van der Waals surface area contributed by atoms with E-state index in [0.29, 0.717) is 10.0 Å². The highest BCUT2D eigenvalue weighted by atomic mass is 32.1. The minimum Gasteiger partial charge on any atom is -0.298 e. The average molecular weight is 413 g/mol. The van der Waals surface area contributed by atoms with Crippen LogP contribution >= 0.6 is 22.7 Å². The number of fused-ring (bicyclic) bond motifs is 1. The normalized spacial score (nSPS) is 14.1. The molecule has 0 fully saturated rings. The zero-order valence-electron chi connectivity index (χ0n) is 16.4. The number of nitrogens with one attached hydrogen (secondary N) is 1. The van der Waals surface area contributed by atoms with E-state index in [1.165, 1.54) is 21.8 Å². The van der Waals surface area contributed by atoms with Gasteiger partial charge in [0.2, 0.25) is 0 Å². The van der Waals surface area contributed by atoms with Crippen molar-refractivity contribution in [1.82, 2.24) is 14.9 Å². The Morgan fingerprint density at radius 2 is 1.96 bits per heavy atom. The van der Waals surface area contributed by atoms with E-state index in [4.69, 9.17) is 0 Å². The molecule has 1 aromatic carbocycles. The van der Waals surface area contributed by atoms with E-state index < -0.39 is 0 Å². The second kappa shape index (κ2) is 8.11. The fraction of sp³-hybridized carbons (Fsp3) is 0.381. The smallest absolute Gasteiger partial charge is 0.269 e. The zero-order valence-corrected chi connectivity index (χ0v) is 18.0. The Labute approximate surface area is 173 Å². The molecule has 0 atom stereocenters. The highest BCUT2D eigenvalue weighted by Gasteiger charge is 2.22. The molecular weight excluding hydrogens is 388 g/mol. The molecule has 3 heterocycles. The quantitative estimate of drug-likeness (QED) is 0.656. The molecule has 7 heteroatoms. The first-order chi connectivity index (χ1) is 13.6. The summed E-state index contributed by atoms with van der Waals surface area (Å²) < 4.78 is 0. The largest absolute Gasteiger partial charge is 0.298 e. The highest BCUT2D eigenvalue weighted by Crippen LogP contribution is 2.31. The number of anilines is 1. The number of thiazole rings is 2. The molecule has 0 unspecified atom stereocenters. The van der Waals surface area contributed by atoms with E-state index in [0.717, 1.165) is 54.4 Å². The molecule has 4 rings (SSSR count). The molecule has 0 aliphatic carbocycles. The van der Waals surface area contributed by atoms with Crippen LogP contribution in [-0.4, -0.2) is 33.9 Å². The third kappa shape index (κ3) is 3.87. The van der Waals surface area contributed by atoms with E-state index in [1.54, 1.807) is 11.3 Å². The summed E-state index contributed by atoms with van der Waals surface area (Å²) in [4.78, 5) is 26.4. The number of carbonyl (C=O) groups excluding carboxylic acids is 1. The van der Waals surface area contributed by atoms with Crippen molar-refractivity contribution < 1.29 is 4.79 Å². The van der Waals surface area contributed by atoms with Gasteiger partial charge in [0.05, 0.1) is 11.4 Å². The average Bonchev–Trinajstić information content (AvgIpc) is 3.30. The number of carbonyl (C=O) groups is 1. The van der Waals surface area contributed by atoms with E-state index in [1.807, 2.05) is 6.92 Å². The Kier molecular flexibility index (Phi) is 5.57. The van der Waals surface area contributed by atoms with Crippen molar-refractivity contribution in [2.75, 3.05) is 18.4 Å². The minimum atomic E-state index is -0.120. The van der Waals surface area contributed by atoms with Crippen LogP contribution in [0.4, 0.5) is 5.13 Å². The van der Waals surface area contributed by atoms with Gasteiger partial charge in [-0.15, -0.1) is 22.7 Å². The summed E-state index contributed by atoms with van der Waals surface area (Å²) in [6.45, 7) is 9.21. The molecule has 2 aromatic heterocycles. The number of benzene rings is 1. The number of hydrogen-bond donors (Lipinski definition) is 1. The first kappa shape index (κ1) is 19.2. The molecule has 1 aliphatic rings. The molecular formula is C21H24N4OS2. The summed E-state index contributed by atoms with van der Waals surface area (Å²) >= 11 is 3.03. The third-order valence-corrected chi connectivity index (χ3v) is 7.29. The lowest BCUT2D eigenvalue weighted by molar-refractivity contribution is 0.103. The lowest BCUT2D eigenvalue weighted by Gasteiger charge is -2.23. The van der Waals surface area contributed by atoms with Crippen LogP contribution in [0.3, 0.4) is 0 Å². The summed E-state index contributed by atoms with van der Waals surface area (Å²) in [5.41, 5.74) is 4.23. The van der Waals surface area contributed by atoms with Crippen LogP contribution in [0.5, 0.6) is 0 Å². The van der Waals surface area contributed by atoms with Crippen molar-refractivity contribution in [1.29, 1.82) is 0 Å². The zero-order chi connectivity index (χ0) is 19.7. The molecule has 5 nitrogen and oxygen atoms in total. The van der Waals surface area contributed by atoms with Crippen LogP contribution in [-0.2, 0) is 19.4 Å². The maximum atomic E-state index is 12.8. The minimum absolute atomic E-state index is 0.120.